The van der Waals surface area contributed by atoms with Crippen molar-refractivity contribution in [2.75, 3.05) is 19.8 Å². The molecule has 0 aromatic carbocycles. The molecule has 9 atom stereocenters. The van der Waals surface area contributed by atoms with Gasteiger partial charge in [0.15, 0.2) is 0 Å². The maximum Gasteiger partial charge on any atom is 0.302 e. The van der Waals surface area contributed by atoms with Gasteiger partial charge in [0, 0.05) is 62.5 Å². The van der Waals surface area contributed by atoms with Crippen molar-refractivity contribution in [2.45, 2.75) is 106 Å². The molecule has 0 aromatic rings. The zero-order chi connectivity index (χ0) is 26.7. The second-order valence-electron chi connectivity index (χ2n) is 10.4. The SMILES string of the molecule is CCCCOCC(C)[C@H](OC(C)=O)[C@H](C)[C@H](OC(C)=O)[C@H](C)[C@@H]1OC[C@@H](C)C(NC(=O)CC)[C@@H]1C. The van der Waals surface area contributed by atoms with Crippen LogP contribution in [0.25, 0.3) is 0 Å². The predicted molar refractivity (Wildman–Crippen MR) is 135 cm³/mol. The van der Waals surface area contributed by atoms with E-state index in [2.05, 4.69) is 26.1 Å². The fourth-order valence-electron chi connectivity index (χ4n) is 5.24. The average Bonchev–Trinajstić information content (AvgIpc) is 2.80. The normalized spacial score (nSPS) is 26.7. The number of hydrogen-bond donors (Lipinski definition) is 1. The van der Waals surface area contributed by atoms with E-state index in [1.807, 2.05) is 27.7 Å². The van der Waals surface area contributed by atoms with E-state index in [1.165, 1.54) is 13.8 Å². The van der Waals surface area contributed by atoms with Crippen molar-refractivity contribution in [1.29, 1.82) is 0 Å². The highest BCUT2D eigenvalue weighted by atomic mass is 16.6. The van der Waals surface area contributed by atoms with Crippen molar-refractivity contribution in [3.63, 3.8) is 0 Å². The molecule has 1 heterocycles. The Hall–Kier alpha value is -1.67. The summed E-state index contributed by atoms with van der Waals surface area (Å²) in [7, 11) is 0. The highest BCUT2D eigenvalue weighted by Crippen LogP contribution is 2.36. The number of amides is 1. The van der Waals surface area contributed by atoms with Crippen molar-refractivity contribution in [3.8, 4) is 0 Å². The average molecular weight is 500 g/mol. The van der Waals surface area contributed by atoms with E-state index in [0.29, 0.717) is 26.2 Å². The van der Waals surface area contributed by atoms with Crippen LogP contribution in [-0.4, -0.2) is 62.0 Å². The Labute approximate surface area is 212 Å². The van der Waals surface area contributed by atoms with Crippen molar-refractivity contribution >= 4 is 17.8 Å². The zero-order valence-electron chi connectivity index (χ0n) is 23.3. The third-order valence-electron chi connectivity index (χ3n) is 7.16. The molecular formula is C27H49NO7. The van der Waals surface area contributed by atoms with E-state index in [1.54, 1.807) is 0 Å². The summed E-state index contributed by atoms with van der Waals surface area (Å²) >= 11 is 0. The standard InChI is InChI=1S/C27H49NO7/c1-10-12-13-32-14-17(4)25(34-21(8)29)19(6)27(35-22(9)30)20(7)26-18(5)24(16(3)15-33-26)28-23(31)11-2/h16-20,24-27H,10-15H2,1-9H3,(H,28,31)/t16-,17?,18+,19+,20-,24?,25+,26-,27+/m1/s1. The first-order valence-electron chi connectivity index (χ1n) is 13.3. The van der Waals surface area contributed by atoms with Crippen LogP contribution in [0.4, 0.5) is 0 Å². The molecule has 2 unspecified atom stereocenters. The molecule has 1 fully saturated rings. The van der Waals surface area contributed by atoms with Gasteiger partial charge in [0.1, 0.15) is 12.2 Å². The molecule has 0 saturated carbocycles. The van der Waals surface area contributed by atoms with E-state index in [-0.39, 0.29) is 53.6 Å². The number of rotatable bonds is 14. The van der Waals surface area contributed by atoms with Gasteiger partial charge in [-0.1, -0.05) is 54.9 Å². The van der Waals surface area contributed by atoms with Crippen LogP contribution in [0.2, 0.25) is 0 Å². The minimum atomic E-state index is -0.543. The summed E-state index contributed by atoms with van der Waals surface area (Å²) < 4.78 is 23.7. The third kappa shape index (κ3) is 9.71. The molecule has 0 radical (unpaired) electrons. The molecule has 204 valence electrons. The van der Waals surface area contributed by atoms with Gasteiger partial charge >= 0.3 is 11.9 Å². The van der Waals surface area contributed by atoms with E-state index in [4.69, 9.17) is 18.9 Å². The highest BCUT2D eigenvalue weighted by Gasteiger charge is 2.45. The summed E-state index contributed by atoms with van der Waals surface area (Å²) in [6.07, 6.45) is 1.16. The quantitative estimate of drug-likeness (QED) is 0.283. The molecule has 1 aliphatic heterocycles. The summed E-state index contributed by atoms with van der Waals surface area (Å²) in [6.45, 7) is 18.4. The molecule has 35 heavy (non-hydrogen) atoms. The Balaban J connectivity index is 3.14. The Morgan fingerprint density at radius 2 is 1.60 bits per heavy atom. The number of esters is 2. The maximum absolute atomic E-state index is 12.1. The number of carbonyl (C=O) groups is 3. The lowest BCUT2D eigenvalue weighted by molar-refractivity contribution is -0.177. The van der Waals surface area contributed by atoms with E-state index < -0.39 is 18.2 Å². The Morgan fingerprint density at radius 3 is 2.14 bits per heavy atom. The van der Waals surface area contributed by atoms with E-state index >= 15 is 0 Å². The van der Waals surface area contributed by atoms with Crippen LogP contribution in [0.1, 0.15) is 81.6 Å². The lowest BCUT2D eigenvalue weighted by Gasteiger charge is -2.46. The number of carbonyl (C=O) groups excluding carboxylic acids is 3. The van der Waals surface area contributed by atoms with Crippen LogP contribution < -0.4 is 5.32 Å². The van der Waals surface area contributed by atoms with E-state index in [9.17, 15) is 14.4 Å². The monoisotopic (exact) mass is 499 g/mol. The van der Waals surface area contributed by atoms with Crippen LogP contribution in [0.5, 0.6) is 0 Å². The molecule has 1 N–H and O–H groups in total. The number of unbranched alkanes of at least 4 members (excludes halogenated alkanes) is 1. The Bertz CT molecular complexity index is 670. The predicted octanol–water partition coefficient (Wildman–Crippen LogP) is 4.14. The summed E-state index contributed by atoms with van der Waals surface area (Å²) in [5.74, 6) is -1.15. The Kier molecular flexibility index (Phi) is 13.8. The molecule has 1 aliphatic rings. The molecule has 8 nitrogen and oxygen atoms in total. The second-order valence-corrected chi connectivity index (χ2v) is 10.4. The van der Waals surface area contributed by atoms with Gasteiger partial charge in [-0.3, -0.25) is 14.4 Å². The molecule has 1 rings (SSSR count). The zero-order valence-corrected chi connectivity index (χ0v) is 23.3. The van der Waals surface area contributed by atoms with Gasteiger partial charge in [-0.25, -0.2) is 0 Å². The first-order chi connectivity index (χ1) is 16.4. The van der Waals surface area contributed by atoms with Crippen molar-refractivity contribution in [3.05, 3.63) is 0 Å². The molecule has 0 aromatic heterocycles. The van der Waals surface area contributed by atoms with E-state index in [0.717, 1.165) is 12.8 Å². The number of hydrogen-bond acceptors (Lipinski definition) is 7. The van der Waals surface area contributed by atoms with Gasteiger partial charge in [0.05, 0.1) is 19.3 Å². The molecular weight excluding hydrogens is 450 g/mol. The van der Waals surface area contributed by atoms with Gasteiger partial charge in [-0.05, 0) is 6.42 Å². The van der Waals surface area contributed by atoms with Gasteiger partial charge < -0.3 is 24.3 Å². The topological polar surface area (TPSA) is 100 Å². The maximum atomic E-state index is 12.1. The summed E-state index contributed by atoms with van der Waals surface area (Å²) in [6, 6.07) is -0.0351. The van der Waals surface area contributed by atoms with Gasteiger partial charge in [-0.2, -0.15) is 0 Å². The minimum absolute atomic E-state index is 0.0106. The summed E-state index contributed by atoms with van der Waals surface area (Å²) in [5.41, 5.74) is 0. The van der Waals surface area contributed by atoms with Gasteiger partial charge in [0.25, 0.3) is 0 Å². The minimum Gasteiger partial charge on any atom is -0.462 e. The van der Waals surface area contributed by atoms with Crippen LogP contribution in [-0.2, 0) is 33.3 Å². The molecule has 0 bridgehead atoms. The Morgan fingerprint density at radius 1 is 1.00 bits per heavy atom. The molecule has 1 amide bonds. The molecule has 1 saturated heterocycles. The highest BCUT2D eigenvalue weighted by molar-refractivity contribution is 5.75. The fraction of sp³-hybridized carbons (Fsp3) is 0.889. The van der Waals surface area contributed by atoms with Crippen LogP contribution in [0, 0.1) is 29.6 Å². The second kappa shape index (κ2) is 15.4. The summed E-state index contributed by atoms with van der Waals surface area (Å²) in [5, 5.41) is 3.15. The first kappa shape index (κ1) is 31.4. The van der Waals surface area contributed by atoms with Crippen LogP contribution in [0.3, 0.4) is 0 Å². The smallest absolute Gasteiger partial charge is 0.302 e. The van der Waals surface area contributed by atoms with Crippen LogP contribution in [0.15, 0.2) is 0 Å². The largest absolute Gasteiger partial charge is 0.462 e. The van der Waals surface area contributed by atoms with Crippen molar-refractivity contribution in [1.82, 2.24) is 5.32 Å². The fourth-order valence-corrected chi connectivity index (χ4v) is 5.24. The third-order valence-corrected chi connectivity index (χ3v) is 7.16. The summed E-state index contributed by atoms with van der Waals surface area (Å²) in [4.78, 5) is 36.3. The van der Waals surface area contributed by atoms with Crippen molar-refractivity contribution < 1.29 is 33.3 Å². The van der Waals surface area contributed by atoms with Crippen molar-refractivity contribution in [2.24, 2.45) is 29.6 Å². The van der Waals surface area contributed by atoms with Gasteiger partial charge in [-0.15, -0.1) is 0 Å². The number of ether oxygens (including phenoxy) is 4. The number of nitrogens with one attached hydrogen (secondary N) is 1. The lowest BCUT2D eigenvalue weighted by Crippen LogP contribution is -2.57. The van der Waals surface area contributed by atoms with Crippen LogP contribution >= 0.6 is 0 Å². The molecule has 8 heteroatoms. The first-order valence-corrected chi connectivity index (χ1v) is 13.3. The molecule has 0 aliphatic carbocycles. The lowest BCUT2D eigenvalue weighted by atomic mass is 9.74. The van der Waals surface area contributed by atoms with Gasteiger partial charge in [0.2, 0.25) is 5.91 Å². The molecule has 0 spiro atoms.